The third kappa shape index (κ3) is 3.09. The Morgan fingerprint density at radius 3 is 2.88 bits per heavy atom. The van der Waals surface area contributed by atoms with E-state index in [1.807, 2.05) is 0 Å². The predicted molar refractivity (Wildman–Crippen MR) is 63.3 cm³/mol. The molecule has 0 fully saturated rings. The molecular formula is C9H13N3O3S. The van der Waals surface area contributed by atoms with Crippen LogP contribution in [-0.4, -0.2) is 22.4 Å². The summed E-state index contributed by atoms with van der Waals surface area (Å²) < 4.78 is 0. The second-order valence-corrected chi connectivity index (χ2v) is 4.12. The Labute approximate surface area is 97.0 Å². The number of nitrogens with zero attached hydrogens (tertiary/aromatic N) is 1. The van der Waals surface area contributed by atoms with Crippen LogP contribution in [0.3, 0.4) is 0 Å². The van der Waals surface area contributed by atoms with Crippen LogP contribution in [0.25, 0.3) is 0 Å². The van der Waals surface area contributed by atoms with E-state index in [1.165, 1.54) is 11.8 Å². The minimum atomic E-state index is -0.462. The van der Waals surface area contributed by atoms with Crippen molar-refractivity contribution in [2.45, 2.75) is 11.3 Å². The van der Waals surface area contributed by atoms with Crippen molar-refractivity contribution in [1.82, 2.24) is 0 Å². The Kier molecular flexibility index (Phi) is 5.03. The van der Waals surface area contributed by atoms with Crippen molar-refractivity contribution in [1.29, 1.82) is 0 Å². The molecule has 4 N–H and O–H groups in total. The van der Waals surface area contributed by atoms with Gasteiger partial charge in [-0.1, -0.05) is 6.07 Å². The van der Waals surface area contributed by atoms with E-state index in [4.69, 9.17) is 10.9 Å². The number of thioether (sulfide) groups is 1. The topological polar surface area (TPSA) is 101 Å². The molecule has 0 radical (unpaired) electrons. The number of hydrogen-bond donors (Lipinski definition) is 3. The number of hydrogen-bond acceptors (Lipinski definition) is 6. The SMILES string of the molecule is NNc1cccc(SCCCO)c1[N+](=O)[O-]. The van der Waals surface area contributed by atoms with Crippen LogP contribution in [0.2, 0.25) is 0 Å². The molecule has 0 bridgehead atoms. The average Bonchev–Trinajstić information content (AvgIpc) is 2.28. The average molecular weight is 243 g/mol. The Hall–Kier alpha value is -1.31. The molecule has 7 heteroatoms. The van der Waals surface area contributed by atoms with Crippen molar-refractivity contribution < 1.29 is 10.0 Å². The first kappa shape index (κ1) is 12.8. The third-order valence-corrected chi connectivity index (χ3v) is 3.03. The molecule has 0 aliphatic carbocycles. The van der Waals surface area contributed by atoms with Gasteiger partial charge in [0.25, 0.3) is 0 Å². The molecule has 0 aliphatic rings. The molecule has 0 saturated heterocycles. The fourth-order valence-corrected chi connectivity index (χ4v) is 2.18. The maximum absolute atomic E-state index is 10.9. The van der Waals surface area contributed by atoms with Gasteiger partial charge in [-0.3, -0.25) is 16.0 Å². The smallest absolute Gasteiger partial charge is 0.307 e. The zero-order valence-electron chi connectivity index (χ0n) is 8.55. The van der Waals surface area contributed by atoms with Crippen LogP contribution in [0.5, 0.6) is 0 Å². The maximum atomic E-state index is 10.9. The second-order valence-electron chi connectivity index (χ2n) is 2.98. The normalized spacial score (nSPS) is 10.1. The van der Waals surface area contributed by atoms with Gasteiger partial charge >= 0.3 is 5.69 Å². The number of aliphatic hydroxyl groups is 1. The summed E-state index contributed by atoms with van der Waals surface area (Å²) >= 11 is 1.33. The Balaban J connectivity index is 2.93. The molecule has 0 unspecified atom stereocenters. The first-order chi connectivity index (χ1) is 7.70. The molecule has 0 atom stereocenters. The van der Waals surface area contributed by atoms with Crippen LogP contribution >= 0.6 is 11.8 Å². The number of nitro groups is 1. The van der Waals surface area contributed by atoms with E-state index in [0.717, 1.165) is 0 Å². The number of hydrazine groups is 1. The molecule has 0 saturated carbocycles. The highest BCUT2D eigenvalue weighted by Gasteiger charge is 2.18. The first-order valence-electron chi connectivity index (χ1n) is 4.68. The summed E-state index contributed by atoms with van der Waals surface area (Å²) in [4.78, 5) is 11.0. The summed E-state index contributed by atoms with van der Waals surface area (Å²) in [7, 11) is 0. The molecule has 1 rings (SSSR count). The molecule has 0 spiro atoms. The largest absolute Gasteiger partial charge is 0.396 e. The molecule has 0 heterocycles. The lowest BCUT2D eigenvalue weighted by Crippen LogP contribution is -2.09. The Morgan fingerprint density at radius 1 is 1.56 bits per heavy atom. The van der Waals surface area contributed by atoms with Crippen LogP contribution in [0.4, 0.5) is 11.4 Å². The standard InChI is InChI=1S/C9H13N3O3S/c10-11-7-3-1-4-8(9(7)12(14)15)16-6-2-5-13/h1,3-4,11,13H,2,5-6,10H2. The van der Waals surface area contributed by atoms with Gasteiger partial charge in [0, 0.05) is 12.4 Å². The van der Waals surface area contributed by atoms with E-state index < -0.39 is 4.92 Å². The summed E-state index contributed by atoms with van der Waals surface area (Å²) in [6.07, 6.45) is 0.599. The fourth-order valence-electron chi connectivity index (χ4n) is 1.19. The van der Waals surface area contributed by atoms with Crippen LogP contribution in [0.15, 0.2) is 23.1 Å². The highest BCUT2D eigenvalue weighted by molar-refractivity contribution is 7.99. The van der Waals surface area contributed by atoms with E-state index in [1.54, 1.807) is 18.2 Å². The summed E-state index contributed by atoms with van der Waals surface area (Å²) in [5.41, 5.74) is 2.57. The van der Waals surface area contributed by atoms with Gasteiger partial charge in [-0.15, -0.1) is 11.8 Å². The van der Waals surface area contributed by atoms with Gasteiger partial charge in [-0.25, -0.2) is 0 Å². The van der Waals surface area contributed by atoms with Gasteiger partial charge in [-0.05, 0) is 18.6 Å². The van der Waals surface area contributed by atoms with E-state index in [0.29, 0.717) is 22.8 Å². The minimum absolute atomic E-state index is 0.0204. The van der Waals surface area contributed by atoms with E-state index in [9.17, 15) is 10.1 Å². The van der Waals surface area contributed by atoms with Gasteiger partial charge in [-0.2, -0.15) is 0 Å². The lowest BCUT2D eigenvalue weighted by molar-refractivity contribution is -0.386. The number of benzene rings is 1. The summed E-state index contributed by atoms with van der Waals surface area (Å²) in [6, 6.07) is 4.92. The first-order valence-corrected chi connectivity index (χ1v) is 5.67. The van der Waals surface area contributed by atoms with Crippen molar-refractivity contribution >= 4 is 23.1 Å². The number of rotatable bonds is 6. The number of para-hydroxylation sites is 1. The highest BCUT2D eigenvalue weighted by Crippen LogP contribution is 2.35. The number of nitrogen functional groups attached to an aromatic ring is 1. The van der Waals surface area contributed by atoms with Crippen molar-refractivity contribution in [3.05, 3.63) is 28.3 Å². The third-order valence-electron chi connectivity index (χ3n) is 1.90. The van der Waals surface area contributed by atoms with Gasteiger partial charge in [0.15, 0.2) is 0 Å². The highest BCUT2D eigenvalue weighted by atomic mass is 32.2. The van der Waals surface area contributed by atoms with Gasteiger partial charge in [0.2, 0.25) is 0 Å². The van der Waals surface area contributed by atoms with Crippen molar-refractivity contribution in [2.24, 2.45) is 5.84 Å². The van der Waals surface area contributed by atoms with E-state index >= 15 is 0 Å². The molecule has 0 aromatic heterocycles. The van der Waals surface area contributed by atoms with Crippen molar-refractivity contribution in [2.75, 3.05) is 17.8 Å². The second kappa shape index (κ2) is 6.31. The van der Waals surface area contributed by atoms with Crippen LogP contribution in [0.1, 0.15) is 6.42 Å². The van der Waals surface area contributed by atoms with Crippen LogP contribution < -0.4 is 11.3 Å². The van der Waals surface area contributed by atoms with Crippen molar-refractivity contribution in [3.63, 3.8) is 0 Å². The zero-order chi connectivity index (χ0) is 12.0. The zero-order valence-corrected chi connectivity index (χ0v) is 9.37. The molecule has 0 amide bonds. The van der Waals surface area contributed by atoms with Crippen LogP contribution in [-0.2, 0) is 0 Å². The predicted octanol–water partition coefficient (Wildman–Crippen LogP) is 1.35. The summed E-state index contributed by atoms with van der Waals surface area (Å²) in [6.45, 7) is 0.0790. The number of aliphatic hydroxyl groups excluding tert-OH is 1. The summed E-state index contributed by atoms with van der Waals surface area (Å²) in [5.74, 6) is 5.84. The molecule has 16 heavy (non-hydrogen) atoms. The lowest BCUT2D eigenvalue weighted by atomic mass is 10.3. The Morgan fingerprint density at radius 2 is 2.31 bits per heavy atom. The van der Waals surface area contributed by atoms with Crippen LogP contribution in [0, 0.1) is 10.1 Å². The van der Waals surface area contributed by atoms with Crippen molar-refractivity contribution in [3.8, 4) is 0 Å². The quantitative estimate of drug-likeness (QED) is 0.229. The maximum Gasteiger partial charge on any atom is 0.307 e. The lowest BCUT2D eigenvalue weighted by Gasteiger charge is -2.06. The fraction of sp³-hybridized carbons (Fsp3) is 0.333. The number of nitro benzene ring substituents is 1. The monoisotopic (exact) mass is 243 g/mol. The van der Waals surface area contributed by atoms with Gasteiger partial charge < -0.3 is 10.5 Å². The molecular weight excluding hydrogens is 230 g/mol. The van der Waals surface area contributed by atoms with Gasteiger partial charge in [0.05, 0.1) is 9.82 Å². The van der Waals surface area contributed by atoms with E-state index in [2.05, 4.69) is 5.43 Å². The van der Waals surface area contributed by atoms with Gasteiger partial charge in [0.1, 0.15) is 5.69 Å². The molecule has 6 nitrogen and oxygen atoms in total. The summed E-state index contributed by atoms with van der Waals surface area (Å²) in [5, 5.41) is 19.5. The molecule has 1 aromatic carbocycles. The molecule has 1 aromatic rings. The Bertz CT molecular complexity index is 373. The molecule has 0 aliphatic heterocycles. The minimum Gasteiger partial charge on any atom is -0.396 e. The number of nitrogens with one attached hydrogen (secondary N) is 1. The number of anilines is 1. The number of nitrogens with two attached hydrogens (primary N) is 1. The van der Waals surface area contributed by atoms with E-state index in [-0.39, 0.29) is 12.3 Å². The molecule has 88 valence electrons.